The van der Waals surface area contributed by atoms with Crippen LogP contribution >= 0.6 is 11.3 Å². The average molecular weight is 425 g/mol. The van der Waals surface area contributed by atoms with Gasteiger partial charge >= 0.3 is 0 Å². The number of piperidine rings is 1. The number of amides is 2. The topological polar surface area (TPSA) is 49.4 Å². The molecule has 0 bridgehead atoms. The normalized spacial score (nSPS) is 18.2. The van der Waals surface area contributed by atoms with Gasteiger partial charge in [-0.1, -0.05) is 51.0 Å². The Bertz CT molecular complexity index is 890. The quantitative estimate of drug-likeness (QED) is 0.694. The van der Waals surface area contributed by atoms with E-state index in [0.717, 1.165) is 35.4 Å². The Kier molecular flexibility index (Phi) is 6.57. The first kappa shape index (κ1) is 21.1. The first-order valence-electron chi connectivity index (χ1n) is 11.3. The number of hydrogen-bond acceptors (Lipinski definition) is 3. The highest BCUT2D eigenvalue weighted by molar-refractivity contribution is 7.17. The van der Waals surface area contributed by atoms with Crippen molar-refractivity contribution < 1.29 is 9.59 Å². The van der Waals surface area contributed by atoms with Crippen LogP contribution in [0.3, 0.4) is 0 Å². The maximum absolute atomic E-state index is 13.1. The molecule has 1 aromatic carbocycles. The van der Waals surface area contributed by atoms with Gasteiger partial charge in [-0.15, -0.1) is 11.3 Å². The van der Waals surface area contributed by atoms with Gasteiger partial charge in [-0.2, -0.15) is 0 Å². The summed E-state index contributed by atoms with van der Waals surface area (Å²) in [5, 5.41) is 3.22. The zero-order chi connectivity index (χ0) is 21.1. The standard InChI is InChI=1S/C25H32N2O2S/c1-17(2)20-9-5-6-10-21(20)22-11-12-23(30-22)25(29)27-15-13-18(14-16-27)24(28)26-19-7-3-4-8-19/h5-6,9-12,17-19H,3-4,7-8,13-16H2,1-2H3,(H,26,28). The SMILES string of the molecule is CC(C)c1ccccc1-c1ccc(C(=O)N2CCC(C(=O)NC3CCCC3)CC2)s1. The third kappa shape index (κ3) is 4.61. The maximum atomic E-state index is 13.1. The van der Waals surface area contributed by atoms with Gasteiger partial charge in [0.2, 0.25) is 5.91 Å². The lowest BCUT2D eigenvalue weighted by Crippen LogP contribution is -2.44. The maximum Gasteiger partial charge on any atom is 0.263 e. The van der Waals surface area contributed by atoms with Gasteiger partial charge in [0.15, 0.2) is 0 Å². The Morgan fingerprint density at radius 3 is 2.40 bits per heavy atom. The van der Waals surface area contributed by atoms with Crippen LogP contribution in [-0.2, 0) is 4.79 Å². The molecule has 160 valence electrons. The average Bonchev–Trinajstić information content (AvgIpc) is 3.45. The van der Waals surface area contributed by atoms with E-state index in [1.54, 1.807) is 11.3 Å². The summed E-state index contributed by atoms with van der Waals surface area (Å²) in [7, 11) is 0. The first-order chi connectivity index (χ1) is 14.5. The largest absolute Gasteiger partial charge is 0.353 e. The molecule has 0 unspecified atom stereocenters. The van der Waals surface area contributed by atoms with Crippen LogP contribution in [-0.4, -0.2) is 35.8 Å². The number of carbonyl (C=O) groups excluding carboxylic acids is 2. The van der Waals surface area contributed by atoms with E-state index in [1.165, 1.54) is 24.0 Å². The molecular weight excluding hydrogens is 392 g/mol. The van der Waals surface area contributed by atoms with E-state index in [-0.39, 0.29) is 17.7 Å². The zero-order valence-electron chi connectivity index (χ0n) is 18.0. The molecule has 2 aliphatic rings. The molecule has 1 saturated carbocycles. The molecule has 5 heteroatoms. The Balaban J connectivity index is 1.37. The molecule has 0 spiro atoms. The van der Waals surface area contributed by atoms with Gasteiger partial charge < -0.3 is 10.2 Å². The molecule has 2 amide bonds. The number of thiophene rings is 1. The van der Waals surface area contributed by atoms with Crippen molar-refractivity contribution in [3.8, 4) is 10.4 Å². The second-order valence-corrected chi connectivity index (χ2v) is 10.0. The number of benzene rings is 1. The van der Waals surface area contributed by atoms with Gasteiger partial charge in [0.05, 0.1) is 4.88 Å². The number of rotatable bonds is 5. The highest BCUT2D eigenvalue weighted by atomic mass is 32.1. The van der Waals surface area contributed by atoms with Crippen molar-refractivity contribution in [1.82, 2.24) is 10.2 Å². The molecule has 2 fully saturated rings. The van der Waals surface area contributed by atoms with Crippen LogP contribution in [0.15, 0.2) is 36.4 Å². The Labute approximate surface area is 183 Å². The van der Waals surface area contributed by atoms with Gasteiger partial charge in [0.1, 0.15) is 0 Å². The highest BCUT2D eigenvalue weighted by Gasteiger charge is 2.30. The molecule has 4 nitrogen and oxygen atoms in total. The van der Waals surface area contributed by atoms with Crippen LogP contribution in [0.1, 0.15) is 73.5 Å². The minimum atomic E-state index is 0.0477. The molecule has 1 N–H and O–H groups in total. The molecule has 1 aromatic heterocycles. The summed E-state index contributed by atoms with van der Waals surface area (Å²) < 4.78 is 0. The fourth-order valence-corrected chi connectivity index (χ4v) is 5.73. The van der Waals surface area contributed by atoms with E-state index in [4.69, 9.17) is 0 Å². The fraction of sp³-hybridized carbons (Fsp3) is 0.520. The van der Waals surface area contributed by atoms with Crippen molar-refractivity contribution in [2.45, 2.75) is 64.3 Å². The summed E-state index contributed by atoms with van der Waals surface area (Å²) in [6, 6.07) is 12.8. The number of nitrogens with zero attached hydrogens (tertiary/aromatic N) is 1. The van der Waals surface area contributed by atoms with Crippen molar-refractivity contribution in [3.05, 3.63) is 46.8 Å². The predicted molar refractivity (Wildman–Crippen MR) is 123 cm³/mol. The van der Waals surface area contributed by atoms with E-state index in [0.29, 0.717) is 25.0 Å². The summed E-state index contributed by atoms with van der Waals surface area (Å²) in [4.78, 5) is 29.4. The van der Waals surface area contributed by atoms with E-state index < -0.39 is 0 Å². The summed E-state index contributed by atoms with van der Waals surface area (Å²) in [5.41, 5.74) is 2.53. The fourth-order valence-electron chi connectivity index (χ4n) is 4.71. The zero-order valence-corrected chi connectivity index (χ0v) is 18.8. The monoisotopic (exact) mass is 424 g/mol. The predicted octanol–water partition coefficient (Wildman–Crippen LogP) is 5.45. The molecule has 0 radical (unpaired) electrons. The van der Waals surface area contributed by atoms with E-state index >= 15 is 0 Å². The van der Waals surface area contributed by atoms with E-state index in [2.05, 4.69) is 49.5 Å². The van der Waals surface area contributed by atoms with Crippen LogP contribution in [0.4, 0.5) is 0 Å². The number of hydrogen-bond donors (Lipinski definition) is 1. The third-order valence-corrected chi connectivity index (χ3v) is 7.63. The van der Waals surface area contributed by atoms with Gasteiger partial charge in [0.25, 0.3) is 5.91 Å². The van der Waals surface area contributed by atoms with Crippen molar-refractivity contribution in [2.24, 2.45) is 5.92 Å². The Morgan fingerprint density at radius 1 is 1.00 bits per heavy atom. The van der Waals surface area contributed by atoms with Crippen molar-refractivity contribution in [1.29, 1.82) is 0 Å². The summed E-state index contributed by atoms with van der Waals surface area (Å²) in [5.74, 6) is 0.781. The van der Waals surface area contributed by atoms with Crippen LogP contribution in [0, 0.1) is 5.92 Å². The summed E-state index contributed by atoms with van der Waals surface area (Å²) in [6.07, 6.45) is 6.20. The molecule has 4 rings (SSSR count). The second kappa shape index (κ2) is 9.34. The molecule has 1 saturated heterocycles. The molecule has 0 atom stereocenters. The third-order valence-electron chi connectivity index (χ3n) is 6.52. The Hall–Kier alpha value is -2.14. The van der Waals surface area contributed by atoms with Crippen molar-refractivity contribution in [2.75, 3.05) is 13.1 Å². The summed E-state index contributed by atoms with van der Waals surface area (Å²) >= 11 is 1.58. The second-order valence-electron chi connectivity index (χ2n) is 8.96. The molecule has 30 heavy (non-hydrogen) atoms. The number of carbonyl (C=O) groups is 2. The first-order valence-corrected chi connectivity index (χ1v) is 12.1. The van der Waals surface area contributed by atoms with Crippen molar-refractivity contribution in [3.63, 3.8) is 0 Å². The van der Waals surface area contributed by atoms with Crippen LogP contribution < -0.4 is 5.32 Å². The minimum Gasteiger partial charge on any atom is -0.353 e. The van der Waals surface area contributed by atoms with E-state index in [1.807, 2.05) is 11.0 Å². The highest BCUT2D eigenvalue weighted by Crippen LogP contribution is 2.34. The molecule has 2 heterocycles. The summed E-state index contributed by atoms with van der Waals surface area (Å²) in [6.45, 7) is 5.73. The number of likely N-dealkylation sites (tertiary alicyclic amines) is 1. The van der Waals surface area contributed by atoms with Gasteiger partial charge in [0, 0.05) is 29.9 Å². The van der Waals surface area contributed by atoms with Crippen LogP contribution in [0.2, 0.25) is 0 Å². The molecule has 1 aliphatic carbocycles. The molecule has 2 aromatic rings. The van der Waals surface area contributed by atoms with Gasteiger partial charge in [-0.25, -0.2) is 0 Å². The van der Waals surface area contributed by atoms with E-state index in [9.17, 15) is 9.59 Å². The minimum absolute atomic E-state index is 0.0477. The lowest BCUT2D eigenvalue weighted by atomic mass is 9.95. The van der Waals surface area contributed by atoms with Crippen molar-refractivity contribution >= 4 is 23.2 Å². The number of nitrogens with one attached hydrogen (secondary N) is 1. The van der Waals surface area contributed by atoms with Crippen LogP contribution in [0.25, 0.3) is 10.4 Å². The Morgan fingerprint density at radius 2 is 1.70 bits per heavy atom. The van der Waals surface area contributed by atoms with Gasteiger partial charge in [-0.3, -0.25) is 9.59 Å². The van der Waals surface area contributed by atoms with Crippen LogP contribution in [0.5, 0.6) is 0 Å². The smallest absolute Gasteiger partial charge is 0.263 e. The van der Waals surface area contributed by atoms with Gasteiger partial charge in [-0.05, 0) is 54.9 Å². The molecular formula is C25H32N2O2S. The molecule has 1 aliphatic heterocycles. The lowest BCUT2D eigenvalue weighted by molar-refractivity contribution is -0.127. The lowest BCUT2D eigenvalue weighted by Gasteiger charge is -2.31.